The van der Waals surface area contributed by atoms with Gasteiger partial charge in [-0.15, -0.1) is 0 Å². The number of fused-ring (bicyclic) bond motifs is 3. The quantitative estimate of drug-likeness (QED) is 0.841. The Labute approximate surface area is 153 Å². The maximum atomic E-state index is 9.70. The molecule has 2 aromatic rings. The summed E-state index contributed by atoms with van der Waals surface area (Å²) in [5, 5.41) is 9.70. The van der Waals surface area contributed by atoms with Gasteiger partial charge in [0.2, 0.25) is 0 Å². The summed E-state index contributed by atoms with van der Waals surface area (Å²) < 4.78 is 10.9. The maximum Gasteiger partial charge on any atom is 0.161 e. The molecule has 0 N–H and O–H groups in total. The van der Waals surface area contributed by atoms with E-state index < -0.39 is 0 Å². The maximum absolute atomic E-state index is 9.70. The molecule has 1 unspecified atom stereocenters. The van der Waals surface area contributed by atoms with E-state index in [1.807, 2.05) is 24.3 Å². The molecule has 2 aromatic carbocycles. The second-order valence-electron chi connectivity index (χ2n) is 6.40. The molecule has 4 heteroatoms. The van der Waals surface area contributed by atoms with Gasteiger partial charge < -0.3 is 14.4 Å². The zero-order valence-electron chi connectivity index (χ0n) is 14.9. The molecule has 1 atom stereocenters. The Bertz CT molecular complexity index is 939. The average molecular weight is 344 g/mol. The largest absolute Gasteiger partial charge is 0.493 e. The van der Waals surface area contributed by atoms with Gasteiger partial charge in [0.1, 0.15) is 6.07 Å². The summed E-state index contributed by atoms with van der Waals surface area (Å²) in [7, 11) is 3.28. The normalized spacial score (nSPS) is 18.0. The lowest BCUT2D eigenvalue weighted by Crippen LogP contribution is -2.34. The first-order chi connectivity index (χ1) is 12.8. The van der Waals surface area contributed by atoms with E-state index in [1.165, 1.54) is 11.1 Å². The number of ether oxygens (including phenoxy) is 2. The van der Waals surface area contributed by atoms with Gasteiger partial charge in [0.15, 0.2) is 11.5 Å². The first-order valence-electron chi connectivity index (χ1n) is 8.66. The third kappa shape index (κ3) is 2.53. The van der Waals surface area contributed by atoms with Crippen LogP contribution in [-0.4, -0.2) is 25.7 Å². The summed E-state index contributed by atoms with van der Waals surface area (Å²) in [4.78, 5) is 2.32. The second-order valence-corrected chi connectivity index (χ2v) is 6.40. The smallest absolute Gasteiger partial charge is 0.161 e. The molecule has 4 nitrogen and oxygen atoms in total. The highest BCUT2D eigenvalue weighted by Gasteiger charge is 2.32. The van der Waals surface area contributed by atoms with Crippen molar-refractivity contribution >= 4 is 5.70 Å². The van der Waals surface area contributed by atoms with E-state index in [1.54, 1.807) is 14.2 Å². The standard InChI is InChI=1S/C22H20N2O2/c1-25-20-12-16-10-11-24-19(15-6-4-3-5-7-15)9-8-17(14-23)22(24)18(16)13-21(20)26-2/h3-9,12-13,19H,10-11H2,1-2H3. The molecular formula is C22H20N2O2. The topological polar surface area (TPSA) is 45.5 Å². The molecule has 0 aliphatic carbocycles. The summed E-state index contributed by atoms with van der Waals surface area (Å²) in [6, 6.07) is 16.9. The summed E-state index contributed by atoms with van der Waals surface area (Å²) in [6.07, 6.45) is 4.95. The van der Waals surface area contributed by atoms with Gasteiger partial charge >= 0.3 is 0 Å². The van der Waals surface area contributed by atoms with Crippen LogP contribution >= 0.6 is 0 Å². The van der Waals surface area contributed by atoms with Crippen LogP contribution in [0.3, 0.4) is 0 Å². The van der Waals surface area contributed by atoms with Crippen LogP contribution in [0.15, 0.2) is 60.2 Å². The van der Waals surface area contributed by atoms with Gasteiger partial charge in [0, 0.05) is 12.1 Å². The summed E-state index contributed by atoms with van der Waals surface area (Å²) in [5.41, 5.74) is 5.12. The molecule has 0 saturated heterocycles. The molecule has 0 bridgehead atoms. The number of methoxy groups -OCH3 is 2. The van der Waals surface area contributed by atoms with Crippen molar-refractivity contribution < 1.29 is 9.47 Å². The number of hydrogen-bond donors (Lipinski definition) is 0. The molecular weight excluding hydrogens is 324 g/mol. The highest BCUT2D eigenvalue weighted by molar-refractivity contribution is 5.79. The number of benzene rings is 2. The molecule has 2 aliphatic heterocycles. The lowest BCUT2D eigenvalue weighted by molar-refractivity contribution is 0.329. The Morgan fingerprint density at radius 1 is 1.08 bits per heavy atom. The number of hydrogen-bond acceptors (Lipinski definition) is 4. The van der Waals surface area contributed by atoms with E-state index >= 15 is 0 Å². The molecule has 26 heavy (non-hydrogen) atoms. The van der Waals surface area contributed by atoms with Crippen molar-refractivity contribution in [3.8, 4) is 17.6 Å². The minimum Gasteiger partial charge on any atom is -0.493 e. The van der Waals surface area contributed by atoms with Gasteiger partial charge in [0.25, 0.3) is 0 Å². The first kappa shape index (κ1) is 16.3. The van der Waals surface area contributed by atoms with E-state index in [0.717, 1.165) is 30.0 Å². The fourth-order valence-electron chi connectivity index (χ4n) is 3.84. The van der Waals surface area contributed by atoms with Crippen LogP contribution in [-0.2, 0) is 6.42 Å². The molecule has 0 amide bonds. The SMILES string of the molecule is COc1cc2c(cc1OC)C1=C(C#N)C=CC(c3ccccc3)N1CC2. The number of nitriles is 1. The fourth-order valence-corrected chi connectivity index (χ4v) is 3.84. The van der Waals surface area contributed by atoms with Gasteiger partial charge in [-0.25, -0.2) is 0 Å². The van der Waals surface area contributed by atoms with Gasteiger partial charge in [-0.2, -0.15) is 5.26 Å². The van der Waals surface area contributed by atoms with E-state index in [-0.39, 0.29) is 6.04 Å². The van der Waals surface area contributed by atoms with E-state index in [2.05, 4.69) is 41.3 Å². The van der Waals surface area contributed by atoms with Crippen molar-refractivity contribution in [1.82, 2.24) is 4.90 Å². The van der Waals surface area contributed by atoms with Crippen LogP contribution in [0.2, 0.25) is 0 Å². The van der Waals surface area contributed by atoms with Crippen LogP contribution in [0.5, 0.6) is 11.5 Å². The third-order valence-corrected chi connectivity index (χ3v) is 5.07. The van der Waals surface area contributed by atoms with Crippen LogP contribution in [0.4, 0.5) is 0 Å². The zero-order chi connectivity index (χ0) is 18.1. The second kappa shape index (κ2) is 6.61. The molecule has 4 rings (SSSR count). The highest BCUT2D eigenvalue weighted by Crippen LogP contribution is 2.44. The molecule has 0 aromatic heterocycles. The van der Waals surface area contributed by atoms with Crippen molar-refractivity contribution in [2.75, 3.05) is 20.8 Å². The molecule has 0 spiro atoms. The molecule has 0 saturated carbocycles. The van der Waals surface area contributed by atoms with Crippen molar-refractivity contribution in [3.63, 3.8) is 0 Å². The van der Waals surface area contributed by atoms with Crippen molar-refractivity contribution in [1.29, 1.82) is 5.26 Å². The lowest BCUT2D eigenvalue weighted by Gasteiger charge is -2.41. The Morgan fingerprint density at radius 3 is 2.50 bits per heavy atom. The third-order valence-electron chi connectivity index (χ3n) is 5.07. The van der Waals surface area contributed by atoms with Gasteiger partial charge in [-0.1, -0.05) is 36.4 Å². The molecule has 0 radical (unpaired) electrons. The minimum atomic E-state index is 0.129. The Morgan fingerprint density at radius 2 is 1.81 bits per heavy atom. The van der Waals surface area contributed by atoms with Crippen LogP contribution in [0.1, 0.15) is 22.7 Å². The van der Waals surface area contributed by atoms with Crippen molar-refractivity contribution in [3.05, 3.63) is 76.9 Å². The number of allylic oxidation sites excluding steroid dienone is 2. The Hall–Kier alpha value is -3.19. The number of nitrogens with zero attached hydrogens (tertiary/aromatic N) is 2. The first-order valence-corrected chi connectivity index (χ1v) is 8.66. The fraction of sp³-hybridized carbons (Fsp3) is 0.227. The predicted molar refractivity (Wildman–Crippen MR) is 101 cm³/mol. The molecule has 2 heterocycles. The Kier molecular flexibility index (Phi) is 4.14. The van der Waals surface area contributed by atoms with Gasteiger partial charge in [-0.05, 0) is 35.8 Å². The van der Waals surface area contributed by atoms with E-state index in [0.29, 0.717) is 11.3 Å². The van der Waals surface area contributed by atoms with E-state index in [4.69, 9.17) is 9.47 Å². The summed E-state index contributed by atoms with van der Waals surface area (Å²) in [6.45, 7) is 0.854. The van der Waals surface area contributed by atoms with Crippen LogP contribution in [0.25, 0.3) is 5.70 Å². The number of rotatable bonds is 3. The van der Waals surface area contributed by atoms with Gasteiger partial charge in [0.05, 0.1) is 31.5 Å². The molecule has 0 fully saturated rings. The van der Waals surface area contributed by atoms with Crippen molar-refractivity contribution in [2.45, 2.75) is 12.5 Å². The molecule has 130 valence electrons. The van der Waals surface area contributed by atoms with Crippen molar-refractivity contribution in [2.24, 2.45) is 0 Å². The van der Waals surface area contributed by atoms with E-state index in [9.17, 15) is 5.26 Å². The summed E-state index contributed by atoms with van der Waals surface area (Å²) in [5.74, 6) is 1.41. The predicted octanol–water partition coefficient (Wildman–Crippen LogP) is 4.11. The Balaban J connectivity index is 1.87. The van der Waals surface area contributed by atoms with Gasteiger partial charge in [-0.3, -0.25) is 0 Å². The lowest BCUT2D eigenvalue weighted by atomic mass is 9.88. The minimum absolute atomic E-state index is 0.129. The zero-order valence-corrected chi connectivity index (χ0v) is 14.9. The monoisotopic (exact) mass is 344 g/mol. The summed E-state index contributed by atoms with van der Waals surface area (Å²) >= 11 is 0. The van der Waals surface area contributed by atoms with Crippen LogP contribution in [0, 0.1) is 11.3 Å². The highest BCUT2D eigenvalue weighted by atomic mass is 16.5. The van der Waals surface area contributed by atoms with Crippen LogP contribution < -0.4 is 9.47 Å². The average Bonchev–Trinajstić information content (AvgIpc) is 2.72. The molecule has 2 aliphatic rings.